The molecule has 0 saturated carbocycles. The van der Waals surface area contributed by atoms with Crippen LogP contribution in [-0.4, -0.2) is 39.4 Å². The van der Waals surface area contributed by atoms with E-state index in [0.717, 1.165) is 12.1 Å². The molecule has 9 heteroatoms. The Morgan fingerprint density at radius 1 is 1.03 bits per heavy atom. The molecule has 0 bridgehead atoms. The largest absolute Gasteiger partial charge is 0.505 e. The van der Waals surface area contributed by atoms with Crippen molar-refractivity contribution in [3.63, 3.8) is 0 Å². The highest BCUT2D eigenvalue weighted by Gasteiger charge is 2.38. The van der Waals surface area contributed by atoms with Crippen LogP contribution in [0.1, 0.15) is 42.6 Å². The molecule has 30 heavy (non-hydrogen) atoms. The van der Waals surface area contributed by atoms with Crippen LogP contribution in [0.5, 0.6) is 5.75 Å². The minimum absolute atomic E-state index is 0.0408. The maximum atomic E-state index is 12.8. The average molecular weight is 464 g/mol. The second-order valence-electron chi connectivity index (χ2n) is 7.66. The predicted octanol–water partition coefficient (Wildman–Crippen LogP) is 5.12. The molecule has 1 fully saturated rings. The molecule has 164 valence electrons. The van der Waals surface area contributed by atoms with Gasteiger partial charge in [-0.15, -0.1) is 0 Å². The fourth-order valence-electron chi connectivity index (χ4n) is 3.79. The number of rotatable bonds is 4. The van der Waals surface area contributed by atoms with Crippen molar-refractivity contribution in [2.45, 2.75) is 43.7 Å². The molecule has 3 N–H and O–H groups in total. The van der Waals surface area contributed by atoms with Gasteiger partial charge in [-0.3, -0.25) is 4.90 Å². The van der Waals surface area contributed by atoms with Crippen molar-refractivity contribution < 1.29 is 28.5 Å². The van der Waals surface area contributed by atoms with Crippen molar-refractivity contribution in [1.29, 1.82) is 0 Å². The second-order valence-corrected chi connectivity index (χ2v) is 8.48. The number of aliphatic hydroxyl groups excluding tert-OH is 1. The van der Waals surface area contributed by atoms with Crippen LogP contribution in [0.3, 0.4) is 0 Å². The number of hydrogen-bond donors (Lipinski definition) is 3. The summed E-state index contributed by atoms with van der Waals surface area (Å²) in [4.78, 5) is 1.98. The molecular formula is C21H22Cl2F3NO3. The second kappa shape index (κ2) is 8.55. The SMILES string of the molecule is CC(C(O)c1cc(Cl)c(O)c(Cl)c1)N1CCC(O)(c2ccc(C(F)(F)F)cc2)CC1. The fraction of sp³-hybridized carbons (Fsp3) is 0.429. The highest BCUT2D eigenvalue weighted by molar-refractivity contribution is 6.37. The molecule has 0 radical (unpaired) electrons. The van der Waals surface area contributed by atoms with Crippen molar-refractivity contribution in [1.82, 2.24) is 4.90 Å². The van der Waals surface area contributed by atoms with Crippen molar-refractivity contribution >= 4 is 23.2 Å². The Hall–Kier alpha value is -1.51. The Labute approximate surface area is 182 Å². The summed E-state index contributed by atoms with van der Waals surface area (Å²) >= 11 is 11.9. The van der Waals surface area contributed by atoms with Crippen molar-refractivity contribution in [2.24, 2.45) is 0 Å². The number of aliphatic hydroxyl groups is 2. The Morgan fingerprint density at radius 2 is 1.53 bits per heavy atom. The van der Waals surface area contributed by atoms with E-state index in [4.69, 9.17) is 23.2 Å². The first-order valence-corrected chi connectivity index (χ1v) is 10.2. The van der Waals surface area contributed by atoms with Gasteiger partial charge in [0.25, 0.3) is 0 Å². The summed E-state index contributed by atoms with van der Waals surface area (Å²) in [5.41, 5.74) is -1.08. The Kier molecular flexibility index (Phi) is 6.60. The number of halogens is 5. The zero-order valence-electron chi connectivity index (χ0n) is 16.1. The maximum Gasteiger partial charge on any atom is 0.416 e. The van der Waals surface area contributed by atoms with E-state index in [0.29, 0.717) is 37.1 Å². The summed E-state index contributed by atoms with van der Waals surface area (Å²) in [5.74, 6) is -0.249. The number of alkyl halides is 3. The molecule has 0 aliphatic carbocycles. The van der Waals surface area contributed by atoms with Crippen LogP contribution < -0.4 is 0 Å². The molecule has 0 spiro atoms. The average Bonchev–Trinajstić information content (AvgIpc) is 2.70. The predicted molar refractivity (Wildman–Crippen MR) is 109 cm³/mol. The molecule has 4 nitrogen and oxygen atoms in total. The van der Waals surface area contributed by atoms with Crippen LogP contribution in [0.25, 0.3) is 0 Å². The van der Waals surface area contributed by atoms with E-state index in [1.807, 2.05) is 11.8 Å². The van der Waals surface area contributed by atoms with Gasteiger partial charge in [-0.2, -0.15) is 13.2 Å². The molecule has 2 aromatic rings. The van der Waals surface area contributed by atoms with Gasteiger partial charge in [0.05, 0.1) is 27.3 Å². The summed E-state index contributed by atoms with van der Waals surface area (Å²) in [6.07, 6.45) is -4.73. The van der Waals surface area contributed by atoms with Crippen LogP contribution in [0.4, 0.5) is 13.2 Å². The lowest BCUT2D eigenvalue weighted by Gasteiger charge is -2.42. The number of hydrogen-bond acceptors (Lipinski definition) is 4. The lowest BCUT2D eigenvalue weighted by Crippen LogP contribution is -2.47. The Balaban J connectivity index is 1.68. The first-order valence-electron chi connectivity index (χ1n) is 9.42. The first-order chi connectivity index (χ1) is 13.9. The third kappa shape index (κ3) is 4.70. The molecule has 1 aliphatic heterocycles. The van der Waals surface area contributed by atoms with E-state index < -0.39 is 23.4 Å². The molecule has 1 aliphatic rings. The maximum absolute atomic E-state index is 12.8. The number of nitrogens with zero attached hydrogens (tertiary/aromatic N) is 1. The van der Waals surface area contributed by atoms with E-state index in [1.165, 1.54) is 24.3 Å². The quantitative estimate of drug-likeness (QED) is 0.588. The third-order valence-corrected chi connectivity index (χ3v) is 6.36. The molecule has 1 heterocycles. The van der Waals surface area contributed by atoms with Crippen molar-refractivity contribution in [3.8, 4) is 5.75 Å². The molecule has 1 saturated heterocycles. The topological polar surface area (TPSA) is 63.9 Å². The number of phenolic OH excluding ortho intramolecular Hbond substituents is 1. The standard InChI is InChI=1S/C21H22Cl2F3NO3/c1-12(18(28)13-10-16(22)19(29)17(23)11-13)27-8-6-20(30,7-9-27)14-2-4-15(5-3-14)21(24,25)26/h2-5,10-12,18,28-30H,6-9H2,1H3. The van der Waals surface area contributed by atoms with Crippen LogP contribution >= 0.6 is 23.2 Å². The van der Waals surface area contributed by atoms with Gasteiger partial charge in [-0.05, 0) is 55.2 Å². The number of benzene rings is 2. The third-order valence-electron chi connectivity index (χ3n) is 5.79. The van der Waals surface area contributed by atoms with E-state index in [9.17, 15) is 28.5 Å². The van der Waals surface area contributed by atoms with Crippen molar-refractivity contribution in [3.05, 3.63) is 63.1 Å². The highest BCUT2D eigenvalue weighted by atomic mass is 35.5. The monoisotopic (exact) mass is 463 g/mol. The fourth-order valence-corrected chi connectivity index (χ4v) is 4.30. The Bertz CT molecular complexity index is 874. The molecule has 3 rings (SSSR count). The van der Waals surface area contributed by atoms with Gasteiger partial charge in [0.15, 0.2) is 5.75 Å². The lowest BCUT2D eigenvalue weighted by atomic mass is 9.83. The first kappa shape index (κ1) is 23.2. The lowest BCUT2D eigenvalue weighted by molar-refractivity contribution is -0.137. The van der Waals surface area contributed by atoms with E-state index in [-0.39, 0.29) is 21.8 Å². The molecule has 0 amide bonds. The summed E-state index contributed by atoms with van der Waals surface area (Å²) in [6.45, 7) is 2.70. The molecule has 2 atom stereocenters. The minimum atomic E-state index is -4.42. The van der Waals surface area contributed by atoms with Gasteiger partial charge in [0.2, 0.25) is 0 Å². The molecular weight excluding hydrogens is 442 g/mol. The van der Waals surface area contributed by atoms with Gasteiger partial charge >= 0.3 is 6.18 Å². The molecule has 2 aromatic carbocycles. The minimum Gasteiger partial charge on any atom is -0.505 e. The zero-order chi connectivity index (χ0) is 22.3. The molecule has 2 unspecified atom stereocenters. The number of likely N-dealkylation sites (tertiary alicyclic amines) is 1. The van der Waals surface area contributed by atoms with Gasteiger partial charge in [0.1, 0.15) is 0 Å². The van der Waals surface area contributed by atoms with E-state index in [2.05, 4.69) is 0 Å². The summed E-state index contributed by atoms with van der Waals surface area (Å²) < 4.78 is 38.3. The van der Waals surface area contributed by atoms with Crippen LogP contribution in [0, 0.1) is 0 Å². The highest BCUT2D eigenvalue weighted by Crippen LogP contribution is 2.39. The number of phenols is 1. The summed E-state index contributed by atoms with van der Waals surface area (Å²) in [7, 11) is 0. The van der Waals surface area contributed by atoms with Gasteiger partial charge in [-0.25, -0.2) is 0 Å². The van der Waals surface area contributed by atoms with Crippen molar-refractivity contribution in [2.75, 3.05) is 13.1 Å². The normalized spacial score (nSPS) is 19.5. The number of piperidine rings is 1. The summed E-state index contributed by atoms with van der Waals surface area (Å²) in [5, 5.41) is 31.4. The smallest absolute Gasteiger partial charge is 0.416 e. The van der Waals surface area contributed by atoms with Gasteiger partial charge in [0, 0.05) is 19.1 Å². The zero-order valence-corrected chi connectivity index (χ0v) is 17.6. The van der Waals surface area contributed by atoms with Crippen LogP contribution in [-0.2, 0) is 11.8 Å². The van der Waals surface area contributed by atoms with E-state index in [1.54, 1.807) is 0 Å². The summed E-state index contributed by atoms with van der Waals surface area (Å²) in [6, 6.07) is 7.15. The van der Waals surface area contributed by atoms with E-state index >= 15 is 0 Å². The van der Waals surface area contributed by atoms with Gasteiger partial charge < -0.3 is 15.3 Å². The van der Waals surface area contributed by atoms with Crippen LogP contribution in [0.15, 0.2) is 36.4 Å². The van der Waals surface area contributed by atoms with Gasteiger partial charge in [-0.1, -0.05) is 35.3 Å². The number of aromatic hydroxyl groups is 1. The molecule has 0 aromatic heterocycles. The van der Waals surface area contributed by atoms with Crippen LogP contribution in [0.2, 0.25) is 10.0 Å². The Morgan fingerprint density at radius 3 is 2.00 bits per heavy atom.